The topological polar surface area (TPSA) is 65.8 Å². The lowest BCUT2D eigenvalue weighted by Gasteiger charge is -2.16. The van der Waals surface area contributed by atoms with Crippen molar-refractivity contribution in [3.63, 3.8) is 0 Å². The van der Waals surface area contributed by atoms with E-state index in [0.29, 0.717) is 23.6 Å². The van der Waals surface area contributed by atoms with E-state index in [1.165, 1.54) is 0 Å². The number of carbonyl (C=O) groups excluding carboxylic acids is 1. The van der Waals surface area contributed by atoms with E-state index in [1.54, 1.807) is 12.4 Å². The second kappa shape index (κ2) is 9.14. The van der Waals surface area contributed by atoms with Crippen molar-refractivity contribution in [2.75, 3.05) is 6.54 Å². The second-order valence-electron chi connectivity index (χ2n) is 7.23. The number of aromatic nitrogens is 1. The fraction of sp³-hybridized carbons (Fsp3) is 0.348. The Morgan fingerprint density at radius 3 is 2.48 bits per heavy atom. The molecule has 0 spiro atoms. The highest BCUT2D eigenvalue weighted by molar-refractivity contribution is 6.01. The van der Waals surface area contributed by atoms with Gasteiger partial charge in [-0.15, -0.1) is 0 Å². The molecule has 1 heterocycles. The number of nitrogens with one attached hydrogen (secondary N) is 1. The van der Waals surface area contributed by atoms with E-state index in [0.717, 1.165) is 34.2 Å². The summed E-state index contributed by atoms with van der Waals surface area (Å²) < 4.78 is 0. The number of rotatable bonds is 6. The molecule has 0 aliphatic carbocycles. The fourth-order valence-electron chi connectivity index (χ4n) is 2.98. The molecule has 0 unspecified atom stereocenters. The molecule has 0 aliphatic heterocycles. The molecule has 140 valence electrons. The first-order chi connectivity index (χ1) is 12.8. The number of nitriles is 1. The molecular formula is C23H27N3O. The number of nitrogens with zero attached hydrogens (tertiary/aromatic N) is 2. The molecule has 27 heavy (non-hydrogen) atoms. The number of allylic oxidation sites excluding steroid dienone is 1. The van der Waals surface area contributed by atoms with Gasteiger partial charge in [0.2, 0.25) is 5.91 Å². The first-order valence-corrected chi connectivity index (χ1v) is 9.26. The molecule has 2 rings (SSSR count). The van der Waals surface area contributed by atoms with Gasteiger partial charge in [-0.05, 0) is 85.2 Å². The zero-order valence-corrected chi connectivity index (χ0v) is 16.8. The van der Waals surface area contributed by atoms with Crippen LogP contribution in [0, 0.1) is 24.2 Å². The van der Waals surface area contributed by atoms with Crippen molar-refractivity contribution < 1.29 is 4.79 Å². The van der Waals surface area contributed by atoms with Crippen LogP contribution in [-0.4, -0.2) is 17.4 Å². The van der Waals surface area contributed by atoms with Crippen LogP contribution in [0.2, 0.25) is 0 Å². The van der Waals surface area contributed by atoms with Crippen molar-refractivity contribution in [1.82, 2.24) is 10.3 Å². The molecule has 0 saturated carbocycles. The van der Waals surface area contributed by atoms with Gasteiger partial charge in [0.15, 0.2) is 0 Å². The van der Waals surface area contributed by atoms with Gasteiger partial charge < -0.3 is 5.32 Å². The molecule has 1 aromatic carbocycles. The van der Waals surface area contributed by atoms with Crippen molar-refractivity contribution in [3.8, 4) is 17.2 Å². The third-order valence-electron chi connectivity index (χ3n) is 4.84. The van der Waals surface area contributed by atoms with Gasteiger partial charge in [-0.3, -0.25) is 9.78 Å². The van der Waals surface area contributed by atoms with Crippen LogP contribution in [0.15, 0.2) is 42.2 Å². The van der Waals surface area contributed by atoms with Gasteiger partial charge in [0.25, 0.3) is 0 Å². The van der Waals surface area contributed by atoms with Gasteiger partial charge in [-0.2, -0.15) is 5.26 Å². The summed E-state index contributed by atoms with van der Waals surface area (Å²) in [5, 5.41) is 12.5. The number of amides is 1. The zero-order chi connectivity index (χ0) is 20.0. The van der Waals surface area contributed by atoms with Gasteiger partial charge in [-0.25, -0.2) is 0 Å². The average Bonchev–Trinajstić information content (AvgIpc) is 2.67. The normalized spacial score (nSPS) is 11.7. The Hall–Kier alpha value is -2.93. The van der Waals surface area contributed by atoms with Crippen LogP contribution in [-0.2, 0) is 4.79 Å². The largest absolute Gasteiger partial charge is 0.352 e. The predicted octanol–water partition coefficient (Wildman–Crippen LogP) is 4.88. The summed E-state index contributed by atoms with van der Waals surface area (Å²) in [6.07, 6.45) is 4.43. The number of hydrogen-bond donors (Lipinski definition) is 1. The van der Waals surface area contributed by atoms with Crippen LogP contribution in [0.4, 0.5) is 0 Å². The molecule has 0 fully saturated rings. The molecule has 1 N–H and O–H groups in total. The lowest BCUT2D eigenvalue weighted by Crippen LogP contribution is -2.26. The van der Waals surface area contributed by atoms with Crippen LogP contribution in [0.25, 0.3) is 16.7 Å². The Morgan fingerprint density at radius 2 is 1.89 bits per heavy atom. The van der Waals surface area contributed by atoms with Crippen LogP contribution in [0.1, 0.15) is 50.8 Å². The third kappa shape index (κ3) is 5.04. The van der Waals surface area contributed by atoms with Gasteiger partial charge in [0.1, 0.15) is 0 Å². The smallest absolute Gasteiger partial charge is 0.247 e. The molecule has 0 atom stereocenters. The van der Waals surface area contributed by atoms with Gasteiger partial charge in [-0.1, -0.05) is 13.8 Å². The van der Waals surface area contributed by atoms with Gasteiger partial charge in [0, 0.05) is 24.5 Å². The summed E-state index contributed by atoms with van der Waals surface area (Å²) in [5.74, 6) is 0.494. The predicted molar refractivity (Wildman–Crippen MR) is 110 cm³/mol. The maximum Gasteiger partial charge on any atom is 0.247 e. The molecule has 4 nitrogen and oxygen atoms in total. The molecule has 1 amide bonds. The Kier molecular flexibility index (Phi) is 6.90. The third-order valence-corrected chi connectivity index (χ3v) is 4.84. The van der Waals surface area contributed by atoms with E-state index < -0.39 is 0 Å². The van der Waals surface area contributed by atoms with Gasteiger partial charge >= 0.3 is 0 Å². The monoisotopic (exact) mass is 361 g/mol. The molecule has 0 aliphatic rings. The number of hydrogen-bond acceptors (Lipinski definition) is 3. The lowest BCUT2D eigenvalue weighted by atomic mass is 9.89. The first-order valence-electron chi connectivity index (χ1n) is 9.26. The highest BCUT2D eigenvalue weighted by Crippen LogP contribution is 2.31. The summed E-state index contributed by atoms with van der Waals surface area (Å²) in [6.45, 7) is 10.7. The lowest BCUT2D eigenvalue weighted by molar-refractivity contribution is -0.117. The fourth-order valence-corrected chi connectivity index (χ4v) is 2.98. The van der Waals surface area contributed by atoms with Gasteiger partial charge in [0.05, 0.1) is 11.6 Å². The quantitative estimate of drug-likeness (QED) is 0.745. The van der Waals surface area contributed by atoms with E-state index >= 15 is 0 Å². The minimum absolute atomic E-state index is 0.0552. The van der Waals surface area contributed by atoms with E-state index in [2.05, 4.69) is 30.2 Å². The minimum atomic E-state index is -0.0552. The van der Waals surface area contributed by atoms with E-state index in [-0.39, 0.29) is 5.91 Å². The zero-order valence-electron chi connectivity index (χ0n) is 16.8. The van der Waals surface area contributed by atoms with Crippen molar-refractivity contribution in [2.45, 2.75) is 41.0 Å². The molecule has 0 bridgehead atoms. The van der Waals surface area contributed by atoms with Crippen LogP contribution in [0.5, 0.6) is 0 Å². The first kappa shape index (κ1) is 20.4. The van der Waals surface area contributed by atoms with Crippen molar-refractivity contribution in [1.29, 1.82) is 5.26 Å². The maximum absolute atomic E-state index is 12.5. The van der Waals surface area contributed by atoms with Crippen LogP contribution >= 0.6 is 0 Å². The summed E-state index contributed by atoms with van der Waals surface area (Å²) in [7, 11) is 0. The van der Waals surface area contributed by atoms with Crippen molar-refractivity contribution in [2.24, 2.45) is 5.92 Å². The van der Waals surface area contributed by atoms with Crippen molar-refractivity contribution >= 4 is 11.5 Å². The molecule has 0 radical (unpaired) electrons. The Morgan fingerprint density at radius 1 is 1.22 bits per heavy atom. The Bertz CT molecular complexity index is 890. The van der Waals surface area contributed by atoms with E-state index in [4.69, 9.17) is 0 Å². The van der Waals surface area contributed by atoms with E-state index in [1.807, 2.05) is 45.0 Å². The van der Waals surface area contributed by atoms with Crippen LogP contribution in [0.3, 0.4) is 0 Å². The molecule has 1 aromatic heterocycles. The summed E-state index contributed by atoms with van der Waals surface area (Å²) >= 11 is 0. The summed E-state index contributed by atoms with van der Waals surface area (Å²) in [5.41, 5.74) is 6.12. The number of benzene rings is 1. The SMILES string of the molecule is C/C(C(=O)NCCC(C)C)=C(/C)c1cc(C#N)cc(-c2ccncc2)c1C. The number of carbonyl (C=O) groups is 1. The number of pyridine rings is 1. The molecular weight excluding hydrogens is 334 g/mol. The average molecular weight is 361 g/mol. The Labute approximate surface area is 162 Å². The highest BCUT2D eigenvalue weighted by atomic mass is 16.1. The van der Waals surface area contributed by atoms with E-state index in [9.17, 15) is 10.1 Å². The second-order valence-corrected chi connectivity index (χ2v) is 7.23. The molecule has 4 heteroatoms. The standard InChI is InChI=1S/C23H27N3O/c1-15(2)6-11-26-23(27)17(4)16(3)21-12-19(14-24)13-22(18(21)5)20-7-9-25-10-8-20/h7-10,12-13,15H,6,11H2,1-5H3,(H,26,27)/b17-16+. The minimum Gasteiger partial charge on any atom is -0.352 e. The molecule has 0 saturated heterocycles. The summed E-state index contributed by atoms with van der Waals surface area (Å²) in [4.78, 5) is 16.6. The highest BCUT2D eigenvalue weighted by Gasteiger charge is 2.15. The Balaban J connectivity index is 2.44. The maximum atomic E-state index is 12.5. The molecule has 2 aromatic rings. The van der Waals surface area contributed by atoms with Crippen LogP contribution < -0.4 is 5.32 Å². The van der Waals surface area contributed by atoms with Crippen molar-refractivity contribution in [3.05, 3.63) is 58.9 Å². The summed E-state index contributed by atoms with van der Waals surface area (Å²) in [6, 6.07) is 9.84.